The number of nitrogens with zero attached hydrogens (tertiary/aromatic N) is 2. The third kappa shape index (κ3) is 2.50. The molecule has 0 radical (unpaired) electrons. The van der Waals surface area contributed by atoms with Gasteiger partial charge >= 0.3 is 0 Å². The van der Waals surface area contributed by atoms with Crippen molar-refractivity contribution in [2.24, 2.45) is 0 Å². The lowest BCUT2D eigenvalue weighted by Gasteiger charge is -2.28. The number of aliphatic hydroxyl groups excluding tert-OH is 1. The number of fused-ring (bicyclic) bond motifs is 1. The van der Waals surface area contributed by atoms with E-state index in [2.05, 4.69) is 10.3 Å². The highest BCUT2D eigenvalue weighted by molar-refractivity contribution is 7.97. The average Bonchev–Trinajstić information content (AvgIpc) is 2.53. The first-order valence-corrected chi connectivity index (χ1v) is 8.53. The Morgan fingerprint density at radius 3 is 2.58 bits per heavy atom. The Balaban J connectivity index is 2.09. The minimum atomic E-state index is -4.17. The van der Waals surface area contributed by atoms with Gasteiger partial charge in [-0.05, 0) is 31.2 Å². The zero-order chi connectivity index (χ0) is 17.5. The second kappa shape index (κ2) is 5.64. The Morgan fingerprint density at radius 1 is 1.17 bits per heavy atom. The second-order valence-corrected chi connectivity index (χ2v) is 7.19. The van der Waals surface area contributed by atoms with Gasteiger partial charge < -0.3 is 10.4 Å². The molecular weight excluding hydrogens is 330 g/mol. The van der Waals surface area contributed by atoms with Crippen LogP contribution in [0.5, 0.6) is 0 Å². The number of nitrogens with one attached hydrogen (secondary N) is 1. The highest BCUT2D eigenvalue weighted by atomic mass is 32.2. The third-order valence-electron chi connectivity index (χ3n) is 3.67. The molecule has 2 N–H and O–H groups in total. The molecule has 0 bridgehead atoms. The lowest BCUT2D eigenvalue weighted by molar-refractivity contribution is -0.112. The summed E-state index contributed by atoms with van der Waals surface area (Å²) in [6.45, 7) is 1.74. The molecule has 0 fully saturated rings. The van der Waals surface area contributed by atoms with E-state index in [1.807, 2.05) is 0 Å². The maximum atomic E-state index is 12.6. The van der Waals surface area contributed by atoms with Gasteiger partial charge in [-0.25, -0.2) is 13.4 Å². The van der Waals surface area contributed by atoms with Crippen molar-refractivity contribution in [3.8, 4) is 0 Å². The highest BCUT2D eigenvalue weighted by Crippen LogP contribution is 2.37. The Morgan fingerprint density at radius 2 is 1.88 bits per heavy atom. The number of sulfonamides is 1. The standard InChI is InChI=1S/C16H15N3O4S/c1-10-6-5-9-13(17-10)18-16(21)15-14(20)11-7-3-4-8-12(11)19(2)24(15,22)23/h3-9,20H,1-2H3,(H,17,18,21). The Labute approximate surface area is 139 Å². The Hall–Kier alpha value is -2.87. The number of hydrogen-bond donors (Lipinski definition) is 2. The largest absolute Gasteiger partial charge is 0.506 e. The molecule has 2 aromatic rings. The first-order valence-electron chi connectivity index (χ1n) is 7.09. The fourth-order valence-electron chi connectivity index (χ4n) is 2.47. The van der Waals surface area contributed by atoms with E-state index in [1.54, 1.807) is 43.3 Å². The molecule has 0 spiro atoms. The molecule has 0 saturated heterocycles. The van der Waals surface area contributed by atoms with E-state index >= 15 is 0 Å². The number of aryl methyl sites for hydroxylation is 1. The lowest BCUT2D eigenvalue weighted by atomic mass is 10.1. The van der Waals surface area contributed by atoms with Crippen LogP contribution >= 0.6 is 0 Å². The summed E-state index contributed by atoms with van der Waals surface area (Å²) in [4.78, 5) is 15.9. The number of hydrogen-bond acceptors (Lipinski definition) is 5. The summed E-state index contributed by atoms with van der Waals surface area (Å²) in [6, 6.07) is 11.4. The molecule has 124 valence electrons. The summed E-state index contributed by atoms with van der Waals surface area (Å²) >= 11 is 0. The van der Waals surface area contributed by atoms with Crippen LogP contribution in [-0.4, -0.2) is 31.5 Å². The van der Waals surface area contributed by atoms with Crippen molar-refractivity contribution < 1.29 is 18.3 Å². The molecule has 7 nitrogen and oxygen atoms in total. The van der Waals surface area contributed by atoms with E-state index in [-0.39, 0.29) is 11.4 Å². The molecule has 0 atom stereocenters. The smallest absolute Gasteiger partial charge is 0.274 e. The van der Waals surface area contributed by atoms with E-state index < -0.39 is 26.6 Å². The van der Waals surface area contributed by atoms with Gasteiger partial charge in [-0.1, -0.05) is 18.2 Å². The maximum absolute atomic E-state index is 12.6. The van der Waals surface area contributed by atoms with Crippen LogP contribution in [0.2, 0.25) is 0 Å². The van der Waals surface area contributed by atoms with Crippen LogP contribution in [-0.2, 0) is 14.8 Å². The molecule has 2 heterocycles. The van der Waals surface area contributed by atoms with Crippen LogP contribution in [0.1, 0.15) is 11.3 Å². The molecule has 0 aliphatic carbocycles. The Kier molecular flexibility index (Phi) is 3.76. The fraction of sp³-hybridized carbons (Fsp3) is 0.125. The molecule has 24 heavy (non-hydrogen) atoms. The van der Waals surface area contributed by atoms with Crippen molar-refractivity contribution in [2.45, 2.75) is 6.92 Å². The van der Waals surface area contributed by atoms with Crippen LogP contribution in [0.4, 0.5) is 11.5 Å². The third-order valence-corrected chi connectivity index (χ3v) is 5.48. The van der Waals surface area contributed by atoms with E-state index in [4.69, 9.17) is 0 Å². The van der Waals surface area contributed by atoms with Crippen LogP contribution in [0, 0.1) is 6.92 Å². The second-order valence-electron chi connectivity index (χ2n) is 5.29. The average molecular weight is 345 g/mol. The summed E-state index contributed by atoms with van der Waals surface area (Å²) in [6.07, 6.45) is 0. The molecule has 1 aromatic heterocycles. The molecule has 3 rings (SSSR count). The lowest BCUT2D eigenvalue weighted by Crippen LogP contribution is -2.37. The van der Waals surface area contributed by atoms with Gasteiger partial charge in [0.15, 0.2) is 10.7 Å². The van der Waals surface area contributed by atoms with Crippen molar-refractivity contribution in [3.63, 3.8) is 0 Å². The van der Waals surface area contributed by atoms with Crippen LogP contribution in [0.25, 0.3) is 5.76 Å². The summed E-state index contributed by atoms with van der Waals surface area (Å²) in [5, 5.41) is 12.8. The maximum Gasteiger partial charge on any atom is 0.274 e. The summed E-state index contributed by atoms with van der Waals surface area (Å²) in [7, 11) is -2.84. The van der Waals surface area contributed by atoms with E-state index in [0.29, 0.717) is 11.4 Å². The van der Waals surface area contributed by atoms with Crippen LogP contribution in [0.15, 0.2) is 47.4 Å². The van der Waals surface area contributed by atoms with Gasteiger partial charge in [0.1, 0.15) is 5.82 Å². The van der Waals surface area contributed by atoms with E-state index in [1.165, 1.54) is 13.1 Å². The van der Waals surface area contributed by atoms with Gasteiger partial charge in [-0.15, -0.1) is 0 Å². The normalized spacial score (nSPS) is 15.8. The molecule has 8 heteroatoms. The van der Waals surface area contributed by atoms with E-state index in [9.17, 15) is 18.3 Å². The van der Waals surface area contributed by atoms with Gasteiger partial charge in [0.2, 0.25) is 0 Å². The number of para-hydroxylation sites is 1. The number of rotatable bonds is 2. The summed E-state index contributed by atoms with van der Waals surface area (Å²) in [5.41, 5.74) is 1.25. The summed E-state index contributed by atoms with van der Waals surface area (Å²) in [5.74, 6) is -1.31. The topological polar surface area (TPSA) is 99.6 Å². The number of amides is 1. The SMILES string of the molecule is Cc1cccc(NC(=O)C2=C(O)c3ccccc3N(C)S2(=O)=O)n1. The predicted molar refractivity (Wildman–Crippen MR) is 90.9 cm³/mol. The molecule has 1 aliphatic rings. The van der Waals surface area contributed by atoms with Crippen molar-refractivity contribution in [1.82, 2.24) is 4.98 Å². The first-order chi connectivity index (χ1) is 11.3. The fourth-order valence-corrected chi connectivity index (χ4v) is 3.80. The minimum Gasteiger partial charge on any atom is -0.506 e. The van der Waals surface area contributed by atoms with Gasteiger partial charge in [0.05, 0.1) is 5.69 Å². The van der Waals surface area contributed by atoms with Gasteiger partial charge in [0, 0.05) is 18.3 Å². The Bertz CT molecular complexity index is 967. The molecule has 1 aliphatic heterocycles. The van der Waals surface area contributed by atoms with Crippen LogP contribution < -0.4 is 9.62 Å². The zero-order valence-corrected chi connectivity index (χ0v) is 13.8. The number of aliphatic hydroxyl groups is 1. The van der Waals surface area contributed by atoms with Gasteiger partial charge in [0.25, 0.3) is 15.9 Å². The quantitative estimate of drug-likeness (QED) is 0.867. The zero-order valence-electron chi connectivity index (χ0n) is 13.0. The van der Waals surface area contributed by atoms with Crippen molar-refractivity contribution in [3.05, 3.63) is 58.6 Å². The summed E-state index contributed by atoms with van der Waals surface area (Å²) < 4.78 is 26.2. The van der Waals surface area contributed by atoms with Crippen molar-refractivity contribution in [2.75, 3.05) is 16.7 Å². The molecular formula is C16H15N3O4S. The number of benzene rings is 1. The molecule has 1 aromatic carbocycles. The minimum absolute atomic E-state index is 0.206. The number of pyridine rings is 1. The van der Waals surface area contributed by atoms with Gasteiger partial charge in [-0.2, -0.15) is 0 Å². The number of carbonyl (C=O) groups is 1. The van der Waals surface area contributed by atoms with Gasteiger partial charge in [-0.3, -0.25) is 9.10 Å². The molecule has 1 amide bonds. The number of carbonyl (C=O) groups excluding carboxylic acids is 1. The number of aromatic nitrogens is 1. The number of anilines is 2. The van der Waals surface area contributed by atoms with Crippen LogP contribution in [0.3, 0.4) is 0 Å². The monoisotopic (exact) mass is 345 g/mol. The highest BCUT2D eigenvalue weighted by Gasteiger charge is 2.39. The first kappa shape index (κ1) is 16.0. The molecule has 0 saturated carbocycles. The predicted octanol–water partition coefficient (Wildman–Crippen LogP) is 2.03. The van der Waals surface area contributed by atoms with Crippen molar-refractivity contribution >= 4 is 33.2 Å². The van der Waals surface area contributed by atoms with Crippen molar-refractivity contribution in [1.29, 1.82) is 0 Å². The molecule has 0 unspecified atom stereocenters. The van der Waals surface area contributed by atoms with E-state index in [0.717, 1.165) is 4.31 Å².